The Morgan fingerprint density at radius 1 is 0.957 bits per heavy atom. The number of benzene rings is 2. The maximum atomic E-state index is 13.0. The molecule has 122 valence electrons. The van der Waals surface area contributed by atoms with Gasteiger partial charge in [-0.2, -0.15) is 0 Å². The summed E-state index contributed by atoms with van der Waals surface area (Å²) >= 11 is 0. The van der Waals surface area contributed by atoms with E-state index in [1.807, 2.05) is 62.4 Å². The second-order valence-electron chi connectivity index (χ2n) is 5.89. The number of amides is 1. The maximum absolute atomic E-state index is 13.0. The minimum absolute atomic E-state index is 0.0101. The smallest absolute Gasteiger partial charge is 0.236 e. The summed E-state index contributed by atoms with van der Waals surface area (Å²) < 4.78 is 10.6. The van der Waals surface area contributed by atoms with E-state index in [9.17, 15) is 4.79 Å². The van der Waals surface area contributed by atoms with Crippen molar-refractivity contribution in [3.63, 3.8) is 0 Å². The Kier molecular flexibility index (Phi) is 4.94. The van der Waals surface area contributed by atoms with Crippen LogP contribution in [0.15, 0.2) is 48.5 Å². The number of ether oxygens (including phenoxy) is 2. The molecule has 2 aromatic carbocycles. The Morgan fingerprint density at radius 3 is 2.13 bits per heavy atom. The first-order valence-electron chi connectivity index (χ1n) is 7.47. The molecule has 0 radical (unpaired) electrons. The average molecular weight is 313 g/mol. The van der Waals surface area contributed by atoms with Gasteiger partial charge in [-0.3, -0.25) is 4.79 Å². The van der Waals surface area contributed by atoms with Crippen LogP contribution in [0.1, 0.15) is 19.4 Å². The third kappa shape index (κ3) is 3.31. The second-order valence-corrected chi connectivity index (χ2v) is 5.89. The molecule has 0 aliphatic carbocycles. The summed E-state index contributed by atoms with van der Waals surface area (Å²) in [4.78, 5) is 14.7. The van der Waals surface area contributed by atoms with Gasteiger partial charge in [-0.25, -0.2) is 0 Å². The normalized spacial score (nSPS) is 11.0. The van der Waals surface area contributed by atoms with Crippen LogP contribution in [0.2, 0.25) is 0 Å². The molecule has 2 aromatic rings. The van der Waals surface area contributed by atoms with Gasteiger partial charge in [-0.05, 0) is 43.7 Å². The van der Waals surface area contributed by atoms with Crippen molar-refractivity contribution in [2.75, 3.05) is 26.2 Å². The van der Waals surface area contributed by atoms with Gasteiger partial charge in [0, 0.05) is 12.7 Å². The zero-order chi connectivity index (χ0) is 17.0. The zero-order valence-electron chi connectivity index (χ0n) is 14.3. The standard InChI is InChI=1S/C19H23NO3/c1-19(2,14-11-12-16(22-4)17(13-14)23-5)18(21)20(3)15-9-7-6-8-10-15/h6-13H,1-5H3. The lowest BCUT2D eigenvalue weighted by atomic mass is 9.83. The third-order valence-electron chi connectivity index (χ3n) is 4.09. The van der Waals surface area contributed by atoms with Crippen LogP contribution in [-0.2, 0) is 10.2 Å². The fourth-order valence-corrected chi connectivity index (χ4v) is 2.54. The van der Waals surface area contributed by atoms with E-state index in [1.165, 1.54) is 0 Å². The quantitative estimate of drug-likeness (QED) is 0.846. The molecule has 0 aliphatic heterocycles. The van der Waals surface area contributed by atoms with Gasteiger partial charge in [-0.1, -0.05) is 24.3 Å². The number of carbonyl (C=O) groups excluding carboxylic acids is 1. The maximum Gasteiger partial charge on any atom is 0.236 e. The Balaban J connectivity index is 2.35. The van der Waals surface area contributed by atoms with E-state index in [0.29, 0.717) is 11.5 Å². The summed E-state index contributed by atoms with van der Waals surface area (Å²) in [6.45, 7) is 3.83. The Hall–Kier alpha value is -2.49. The van der Waals surface area contributed by atoms with Crippen LogP contribution in [0, 0.1) is 0 Å². The molecule has 0 atom stereocenters. The summed E-state index contributed by atoms with van der Waals surface area (Å²) in [6, 6.07) is 15.2. The molecule has 0 bridgehead atoms. The zero-order valence-corrected chi connectivity index (χ0v) is 14.3. The van der Waals surface area contributed by atoms with Crippen LogP contribution in [-0.4, -0.2) is 27.2 Å². The van der Waals surface area contributed by atoms with Crippen LogP contribution in [0.5, 0.6) is 11.5 Å². The fourth-order valence-electron chi connectivity index (χ4n) is 2.54. The molecule has 0 N–H and O–H groups in total. The lowest BCUT2D eigenvalue weighted by Crippen LogP contribution is -2.41. The number of likely N-dealkylation sites (N-methyl/N-ethyl adjacent to an activating group) is 1. The van der Waals surface area contributed by atoms with Gasteiger partial charge in [-0.15, -0.1) is 0 Å². The summed E-state index contributed by atoms with van der Waals surface area (Å²) in [7, 11) is 4.98. The van der Waals surface area contributed by atoms with Gasteiger partial charge in [0.25, 0.3) is 0 Å². The molecule has 0 heterocycles. The summed E-state index contributed by atoms with van der Waals surface area (Å²) in [5.41, 5.74) is 1.05. The van der Waals surface area contributed by atoms with Crippen LogP contribution in [0.25, 0.3) is 0 Å². The van der Waals surface area contributed by atoms with Gasteiger partial charge >= 0.3 is 0 Å². The van der Waals surface area contributed by atoms with Crippen molar-refractivity contribution in [3.8, 4) is 11.5 Å². The molecule has 0 aromatic heterocycles. The molecule has 0 aliphatic rings. The highest BCUT2D eigenvalue weighted by Crippen LogP contribution is 2.34. The highest BCUT2D eigenvalue weighted by molar-refractivity contribution is 6.00. The molecule has 0 spiro atoms. The van der Waals surface area contributed by atoms with E-state index in [0.717, 1.165) is 11.3 Å². The lowest BCUT2D eigenvalue weighted by molar-refractivity contribution is -0.122. The highest BCUT2D eigenvalue weighted by Gasteiger charge is 2.33. The first kappa shape index (κ1) is 16.9. The Bertz CT molecular complexity index is 680. The van der Waals surface area contributed by atoms with Gasteiger partial charge in [0.05, 0.1) is 19.6 Å². The Labute approximate surface area is 137 Å². The van der Waals surface area contributed by atoms with Crippen molar-refractivity contribution in [1.29, 1.82) is 0 Å². The number of rotatable bonds is 5. The summed E-state index contributed by atoms with van der Waals surface area (Å²) in [6.07, 6.45) is 0. The SMILES string of the molecule is COc1ccc(C(C)(C)C(=O)N(C)c2ccccc2)cc1OC. The van der Waals surface area contributed by atoms with E-state index in [4.69, 9.17) is 9.47 Å². The molecular weight excluding hydrogens is 290 g/mol. The van der Waals surface area contributed by atoms with Crippen molar-refractivity contribution < 1.29 is 14.3 Å². The van der Waals surface area contributed by atoms with Gasteiger partial charge in [0.2, 0.25) is 5.91 Å². The monoisotopic (exact) mass is 313 g/mol. The molecule has 1 amide bonds. The van der Waals surface area contributed by atoms with Crippen LogP contribution >= 0.6 is 0 Å². The van der Waals surface area contributed by atoms with Gasteiger partial charge in [0.1, 0.15) is 0 Å². The highest BCUT2D eigenvalue weighted by atomic mass is 16.5. The van der Waals surface area contributed by atoms with E-state index in [1.54, 1.807) is 26.2 Å². The molecule has 2 rings (SSSR count). The number of carbonyl (C=O) groups is 1. The van der Waals surface area contributed by atoms with Crippen molar-refractivity contribution in [2.24, 2.45) is 0 Å². The first-order valence-corrected chi connectivity index (χ1v) is 7.47. The largest absolute Gasteiger partial charge is 0.493 e. The second kappa shape index (κ2) is 6.73. The van der Waals surface area contributed by atoms with Crippen molar-refractivity contribution in [3.05, 3.63) is 54.1 Å². The van der Waals surface area contributed by atoms with E-state index in [2.05, 4.69) is 0 Å². The molecular formula is C19H23NO3. The lowest BCUT2D eigenvalue weighted by Gasteiger charge is -2.30. The van der Waals surface area contributed by atoms with E-state index >= 15 is 0 Å². The topological polar surface area (TPSA) is 38.8 Å². The average Bonchev–Trinajstić information content (AvgIpc) is 2.60. The van der Waals surface area contributed by atoms with E-state index in [-0.39, 0.29) is 5.91 Å². The van der Waals surface area contributed by atoms with Gasteiger partial charge in [0.15, 0.2) is 11.5 Å². The fraction of sp³-hybridized carbons (Fsp3) is 0.316. The number of hydrogen-bond donors (Lipinski definition) is 0. The number of anilines is 1. The number of nitrogens with zero attached hydrogens (tertiary/aromatic N) is 1. The minimum atomic E-state index is -0.690. The Morgan fingerprint density at radius 2 is 1.57 bits per heavy atom. The van der Waals surface area contributed by atoms with Crippen molar-refractivity contribution >= 4 is 11.6 Å². The minimum Gasteiger partial charge on any atom is -0.493 e. The van der Waals surface area contributed by atoms with Crippen molar-refractivity contribution in [2.45, 2.75) is 19.3 Å². The summed E-state index contributed by atoms with van der Waals surface area (Å²) in [5.74, 6) is 1.28. The predicted octanol–water partition coefficient (Wildman–Crippen LogP) is 3.64. The van der Waals surface area contributed by atoms with E-state index < -0.39 is 5.41 Å². The molecule has 4 nitrogen and oxygen atoms in total. The number of methoxy groups -OCH3 is 2. The number of para-hydroxylation sites is 1. The van der Waals surface area contributed by atoms with Crippen molar-refractivity contribution in [1.82, 2.24) is 0 Å². The molecule has 0 saturated carbocycles. The molecule has 0 saturated heterocycles. The first-order chi connectivity index (χ1) is 10.9. The van der Waals surface area contributed by atoms with Gasteiger partial charge < -0.3 is 14.4 Å². The molecule has 0 unspecified atom stereocenters. The predicted molar refractivity (Wildman–Crippen MR) is 92.4 cm³/mol. The third-order valence-corrected chi connectivity index (χ3v) is 4.09. The van der Waals surface area contributed by atoms with Crippen LogP contribution in [0.4, 0.5) is 5.69 Å². The summed E-state index contributed by atoms with van der Waals surface area (Å²) in [5, 5.41) is 0. The van der Waals surface area contributed by atoms with Crippen LogP contribution in [0.3, 0.4) is 0 Å². The van der Waals surface area contributed by atoms with Crippen LogP contribution < -0.4 is 14.4 Å². The number of hydrogen-bond acceptors (Lipinski definition) is 3. The molecule has 0 fully saturated rings. The molecule has 4 heteroatoms. The molecule has 23 heavy (non-hydrogen) atoms.